The molecule has 1 atom stereocenters. The molecule has 5 rings (SSSR count). The van der Waals surface area contributed by atoms with E-state index in [1.807, 2.05) is 29.6 Å². The summed E-state index contributed by atoms with van der Waals surface area (Å²) in [7, 11) is -2.16. The van der Waals surface area contributed by atoms with Crippen molar-refractivity contribution < 1.29 is 17.6 Å². The van der Waals surface area contributed by atoms with Crippen LogP contribution in [0.25, 0.3) is 10.9 Å². The van der Waals surface area contributed by atoms with E-state index in [-0.39, 0.29) is 10.7 Å². The summed E-state index contributed by atoms with van der Waals surface area (Å²) in [6.45, 7) is 0. The van der Waals surface area contributed by atoms with Gasteiger partial charge in [-0.2, -0.15) is 5.10 Å². The van der Waals surface area contributed by atoms with Crippen molar-refractivity contribution >= 4 is 43.7 Å². The van der Waals surface area contributed by atoms with Crippen LogP contribution >= 0.6 is 11.3 Å². The number of para-hydroxylation sites is 1. The standard InChI is InChI=1S/C24H20FN3O3S2/c1-27-14-23(18-5-2-3-6-20(18)27)33(30,31)15-24(29)28-21(16-8-10-17(25)11-9-16)13-19(26-28)22-7-4-12-32-22/h2-12,14,21H,13,15H2,1H3/t21-/m0/s1. The molecule has 0 saturated heterocycles. The van der Waals surface area contributed by atoms with Gasteiger partial charge in [0, 0.05) is 30.6 Å². The van der Waals surface area contributed by atoms with Crippen molar-refractivity contribution in [1.29, 1.82) is 0 Å². The molecule has 0 unspecified atom stereocenters. The van der Waals surface area contributed by atoms with Gasteiger partial charge in [0.25, 0.3) is 5.91 Å². The van der Waals surface area contributed by atoms with Crippen molar-refractivity contribution in [1.82, 2.24) is 9.58 Å². The van der Waals surface area contributed by atoms with Gasteiger partial charge in [0.1, 0.15) is 11.6 Å². The molecule has 3 heterocycles. The number of hydrogen-bond acceptors (Lipinski definition) is 5. The molecule has 33 heavy (non-hydrogen) atoms. The number of nitrogens with zero attached hydrogens (tertiary/aromatic N) is 3. The highest BCUT2D eigenvalue weighted by molar-refractivity contribution is 7.92. The number of carbonyl (C=O) groups is 1. The lowest BCUT2D eigenvalue weighted by Crippen LogP contribution is -2.32. The van der Waals surface area contributed by atoms with Gasteiger partial charge in [-0.15, -0.1) is 11.3 Å². The van der Waals surface area contributed by atoms with Crippen LogP contribution < -0.4 is 0 Å². The van der Waals surface area contributed by atoms with Crippen LogP contribution in [-0.2, 0) is 21.7 Å². The smallest absolute Gasteiger partial charge is 0.258 e. The highest BCUT2D eigenvalue weighted by atomic mass is 32.2. The maximum absolute atomic E-state index is 13.5. The number of benzene rings is 2. The van der Waals surface area contributed by atoms with E-state index in [0.29, 0.717) is 23.1 Å². The zero-order valence-electron chi connectivity index (χ0n) is 17.7. The lowest BCUT2D eigenvalue weighted by molar-refractivity contribution is -0.130. The first-order valence-corrected chi connectivity index (χ1v) is 12.8. The Labute approximate surface area is 194 Å². The second-order valence-electron chi connectivity index (χ2n) is 7.91. The quantitative estimate of drug-likeness (QED) is 0.420. The minimum atomic E-state index is -3.93. The van der Waals surface area contributed by atoms with Crippen molar-refractivity contribution in [2.45, 2.75) is 17.4 Å². The topological polar surface area (TPSA) is 71.7 Å². The minimum Gasteiger partial charge on any atom is -0.349 e. The van der Waals surface area contributed by atoms with Gasteiger partial charge in [-0.25, -0.2) is 17.8 Å². The normalized spacial score (nSPS) is 16.4. The molecule has 1 aliphatic heterocycles. The average molecular weight is 482 g/mol. The van der Waals surface area contributed by atoms with Crippen molar-refractivity contribution in [3.63, 3.8) is 0 Å². The fourth-order valence-corrected chi connectivity index (χ4v) is 6.30. The lowest BCUT2D eigenvalue weighted by Gasteiger charge is -2.22. The van der Waals surface area contributed by atoms with Gasteiger partial charge in [-0.3, -0.25) is 4.79 Å². The molecule has 4 aromatic rings. The van der Waals surface area contributed by atoms with Gasteiger partial charge in [0.15, 0.2) is 9.84 Å². The molecule has 0 fully saturated rings. The fourth-order valence-electron chi connectivity index (χ4n) is 4.14. The predicted molar refractivity (Wildman–Crippen MR) is 126 cm³/mol. The van der Waals surface area contributed by atoms with E-state index < -0.39 is 27.5 Å². The van der Waals surface area contributed by atoms with Crippen molar-refractivity contribution in [3.8, 4) is 0 Å². The molecule has 1 aliphatic rings. The summed E-state index contributed by atoms with van der Waals surface area (Å²) in [5.41, 5.74) is 2.17. The van der Waals surface area contributed by atoms with Crippen molar-refractivity contribution in [2.24, 2.45) is 12.1 Å². The second-order valence-corrected chi connectivity index (χ2v) is 10.8. The number of aryl methyl sites for hydroxylation is 1. The van der Waals surface area contributed by atoms with Gasteiger partial charge in [0.05, 0.1) is 21.5 Å². The molecule has 168 valence electrons. The summed E-state index contributed by atoms with van der Waals surface area (Å²) in [5, 5.41) is 8.24. The maximum Gasteiger partial charge on any atom is 0.258 e. The Hall–Kier alpha value is -3.30. The van der Waals surface area contributed by atoms with E-state index in [0.717, 1.165) is 10.4 Å². The van der Waals surface area contributed by atoms with Crippen LogP contribution in [0, 0.1) is 5.82 Å². The Morgan fingerprint density at radius 2 is 1.88 bits per heavy atom. The Morgan fingerprint density at radius 3 is 2.61 bits per heavy atom. The predicted octanol–water partition coefficient (Wildman–Crippen LogP) is 4.53. The number of hydrazone groups is 1. The number of fused-ring (bicyclic) bond motifs is 1. The molecule has 0 radical (unpaired) electrons. The number of rotatable bonds is 5. The van der Waals surface area contributed by atoms with Gasteiger partial charge in [-0.1, -0.05) is 36.4 Å². The van der Waals surface area contributed by atoms with Crippen molar-refractivity contribution in [3.05, 3.63) is 88.5 Å². The average Bonchev–Trinajstić information content (AvgIpc) is 3.53. The van der Waals surface area contributed by atoms with Crippen LogP contribution in [0.1, 0.15) is 22.9 Å². The maximum atomic E-state index is 13.5. The minimum absolute atomic E-state index is 0.119. The third-order valence-electron chi connectivity index (χ3n) is 5.74. The number of sulfone groups is 1. The molecule has 0 N–H and O–H groups in total. The number of amides is 1. The largest absolute Gasteiger partial charge is 0.349 e. The van der Waals surface area contributed by atoms with E-state index in [2.05, 4.69) is 5.10 Å². The van der Waals surface area contributed by atoms with E-state index >= 15 is 0 Å². The molecule has 0 spiro atoms. The summed E-state index contributed by atoms with van der Waals surface area (Å²) in [5.74, 6) is -1.71. The zero-order chi connectivity index (χ0) is 23.2. The third kappa shape index (κ3) is 3.98. The summed E-state index contributed by atoms with van der Waals surface area (Å²) < 4.78 is 41.7. The first-order valence-electron chi connectivity index (χ1n) is 10.3. The Kier molecular flexibility index (Phi) is 5.38. The third-order valence-corrected chi connectivity index (χ3v) is 8.28. The van der Waals surface area contributed by atoms with Gasteiger partial charge in [0.2, 0.25) is 0 Å². The number of hydrogen-bond donors (Lipinski definition) is 0. The molecule has 0 saturated carbocycles. The molecular weight excluding hydrogens is 461 g/mol. The van der Waals surface area contributed by atoms with E-state index in [4.69, 9.17) is 0 Å². The first-order chi connectivity index (χ1) is 15.8. The lowest BCUT2D eigenvalue weighted by atomic mass is 10.0. The van der Waals surface area contributed by atoms with Gasteiger partial charge < -0.3 is 4.57 Å². The van der Waals surface area contributed by atoms with E-state index in [9.17, 15) is 17.6 Å². The Bertz CT molecular complexity index is 1470. The zero-order valence-corrected chi connectivity index (χ0v) is 19.3. The van der Waals surface area contributed by atoms with Crippen molar-refractivity contribution in [2.75, 3.05) is 5.75 Å². The van der Waals surface area contributed by atoms with Crippen LogP contribution in [0.4, 0.5) is 4.39 Å². The number of halogens is 1. The number of carbonyl (C=O) groups excluding carboxylic acids is 1. The molecule has 1 amide bonds. The molecule has 9 heteroatoms. The number of aromatic nitrogens is 1. The van der Waals surface area contributed by atoms with Gasteiger partial charge in [-0.05, 0) is 35.2 Å². The van der Waals surface area contributed by atoms with Crippen LogP contribution in [0.5, 0.6) is 0 Å². The molecule has 2 aromatic heterocycles. The highest BCUT2D eigenvalue weighted by Gasteiger charge is 2.36. The fraction of sp³-hybridized carbons (Fsp3) is 0.167. The molecule has 0 bridgehead atoms. The first kappa shape index (κ1) is 21.5. The summed E-state index contributed by atoms with van der Waals surface area (Å²) >= 11 is 1.50. The number of thiophene rings is 1. The summed E-state index contributed by atoms with van der Waals surface area (Å²) in [6, 6.07) is 16.3. The second kappa shape index (κ2) is 8.24. The molecular formula is C24H20FN3O3S2. The molecule has 0 aliphatic carbocycles. The van der Waals surface area contributed by atoms with Crippen LogP contribution in [0.2, 0.25) is 0 Å². The van der Waals surface area contributed by atoms with Crippen LogP contribution in [-0.4, -0.2) is 35.4 Å². The SMILES string of the molecule is Cn1cc(S(=O)(=O)CC(=O)N2N=C(c3cccs3)C[C@H]2c2ccc(F)cc2)c2ccccc21. The van der Waals surface area contributed by atoms with Crippen LogP contribution in [0.15, 0.2) is 82.2 Å². The molecule has 2 aromatic carbocycles. The Balaban J connectivity index is 1.49. The van der Waals surface area contributed by atoms with E-state index in [1.165, 1.54) is 34.7 Å². The highest BCUT2D eigenvalue weighted by Crippen LogP contribution is 2.35. The monoisotopic (exact) mass is 481 g/mol. The molecule has 6 nitrogen and oxygen atoms in total. The van der Waals surface area contributed by atoms with Gasteiger partial charge >= 0.3 is 0 Å². The summed E-state index contributed by atoms with van der Waals surface area (Å²) in [4.78, 5) is 14.3. The Morgan fingerprint density at radius 1 is 1.12 bits per heavy atom. The van der Waals surface area contributed by atoms with E-state index in [1.54, 1.807) is 35.9 Å². The van der Waals surface area contributed by atoms with Crippen LogP contribution in [0.3, 0.4) is 0 Å². The summed E-state index contributed by atoms with van der Waals surface area (Å²) in [6.07, 6.45) is 1.96.